The summed E-state index contributed by atoms with van der Waals surface area (Å²) in [6.45, 7) is 5.09. The number of para-hydroxylation sites is 2. The van der Waals surface area contributed by atoms with Crippen molar-refractivity contribution >= 4 is 0 Å². The zero-order valence-corrected chi connectivity index (χ0v) is 9.12. The number of rotatable bonds is 5. The highest BCUT2D eigenvalue weighted by molar-refractivity contribution is 5.39. The SMILES string of the molecule is CCC(C)COc1ccccc1OC. The first-order valence-electron chi connectivity index (χ1n) is 5.03. The molecule has 0 amide bonds. The molecule has 0 fully saturated rings. The minimum atomic E-state index is 0.583. The van der Waals surface area contributed by atoms with Crippen LogP contribution in [-0.2, 0) is 0 Å². The largest absolute Gasteiger partial charge is 0.493 e. The van der Waals surface area contributed by atoms with Gasteiger partial charge in [0.2, 0.25) is 0 Å². The minimum Gasteiger partial charge on any atom is -0.493 e. The van der Waals surface area contributed by atoms with Crippen LogP contribution in [0.5, 0.6) is 11.5 Å². The van der Waals surface area contributed by atoms with Crippen LogP contribution in [0.15, 0.2) is 24.3 Å². The molecule has 1 aromatic rings. The van der Waals surface area contributed by atoms with Crippen LogP contribution in [0.25, 0.3) is 0 Å². The van der Waals surface area contributed by atoms with Gasteiger partial charge in [0.25, 0.3) is 0 Å². The standard InChI is InChI=1S/C12H18O2/c1-4-10(2)9-14-12-8-6-5-7-11(12)13-3/h5-8,10H,4,9H2,1-3H3. The predicted molar refractivity (Wildman–Crippen MR) is 57.9 cm³/mol. The van der Waals surface area contributed by atoms with Crippen LogP contribution in [0.1, 0.15) is 20.3 Å². The second-order valence-electron chi connectivity index (χ2n) is 3.48. The first kappa shape index (κ1) is 10.9. The van der Waals surface area contributed by atoms with Crippen molar-refractivity contribution in [3.8, 4) is 11.5 Å². The Labute approximate surface area is 85.8 Å². The molecule has 1 aromatic carbocycles. The molecule has 2 heteroatoms. The number of hydrogen-bond acceptors (Lipinski definition) is 2. The van der Waals surface area contributed by atoms with Crippen molar-refractivity contribution in [2.75, 3.05) is 13.7 Å². The van der Waals surface area contributed by atoms with Gasteiger partial charge in [-0.05, 0) is 18.1 Å². The Morgan fingerprint density at radius 1 is 1.21 bits per heavy atom. The molecule has 0 bridgehead atoms. The van der Waals surface area contributed by atoms with Crippen molar-refractivity contribution in [1.29, 1.82) is 0 Å². The Morgan fingerprint density at radius 3 is 2.43 bits per heavy atom. The van der Waals surface area contributed by atoms with E-state index in [1.807, 2.05) is 24.3 Å². The second-order valence-corrected chi connectivity index (χ2v) is 3.48. The summed E-state index contributed by atoms with van der Waals surface area (Å²) in [7, 11) is 1.66. The van der Waals surface area contributed by atoms with Gasteiger partial charge in [0.05, 0.1) is 13.7 Å². The van der Waals surface area contributed by atoms with Crippen LogP contribution in [-0.4, -0.2) is 13.7 Å². The normalized spacial score (nSPS) is 12.2. The molecule has 0 N–H and O–H groups in total. The molecular formula is C12H18O2. The van der Waals surface area contributed by atoms with Crippen LogP contribution in [0, 0.1) is 5.92 Å². The van der Waals surface area contributed by atoms with Crippen molar-refractivity contribution in [3.05, 3.63) is 24.3 Å². The van der Waals surface area contributed by atoms with Crippen molar-refractivity contribution in [2.24, 2.45) is 5.92 Å². The lowest BCUT2D eigenvalue weighted by atomic mass is 10.1. The summed E-state index contributed by atoms with van der Waals surface area (Å²) in [5.41, 5.74) is 0. The van der Waals surface area contributed by atoms with Gasteiger partial charge in [-0.15, -0.1) is 0 Å². The van der Waals surface area contributed by atoms with E-state index in [-0.39, 0.29) is 0 Å². The first-order valence-corrected chi connectivity index (χ1v) is 5.03. The Hall–Kier alpha value is -1.18. The van der Waals surface area contributed by atoms with E-state index >= 15 is 0 Å². The van der Waals surface area contributed by atoms with Gasteiger partial charge in [0.1, 0.15) is 0 Å². The molecule has 0 saturated heterocycles. The lowest BCUT2D eigenvalue weighted by molar-refractivity contribution is 0.244. The number of methoxy groups -OCH3 is 1. The molecule has 2 nitrogen and oxygen atoms in total. The van der Waals surface area contributed by atoms with Gasteiger partial charge >= 0.3 is 0 Å². The third-order valence-corrected chi connectivity index (χ3v) is 2.29. The van der Waals surface area contributed by atoms with Gasteiger partial charge in [0, 0.05) is 0 Å². The third-order valence-electron chi connectivity index (χ3n) is 2.29. The molecule has 0 aliphatic carbocycles. The summed E-state index contributed by atoms with van der Waals surface area (Å²) in [4.78, 5) is 0. The third kappa shape index (κ3) is 2.95. The van der Waals surface area contributed by atoms with Gasteiger partial charge in [-0.2, -0.15) is 0 Å². The topological polar surface area (TPSA) is 18.5 Å². The summed E-state index contributed by atoms with van der Waals surface area (Å²) < 4.78 is 10.8. The fourth-order valence-corrected chi connectivity index (χ4v) is 1.09. The summed E-state index contributed by atoms with van der Waals surface area (Å²) in [5, 5.41) is 0. The molecule has 1 unspecified atom stereocenters. The molecule has 14 heavy (non-hydrogen) atoms. The monoisotopic (exact) mass is 194 g/mol. The summed E-state index contributed by atoms with van der Waals surface area (Å²) in [5.74, 6) is 2.21. The van der Waals surface area contributed by atoms with Crippen molar-refractivity contribution in [2.45, 2.75) is 20.3 Å². The predicted octanol–water partition coefficient (Wildman–Crippen LogP) is 3.12. The zero-order chi connectivity index (χ0) is 10.4. The maximum atomic E-state index is 5.66. The number of hydrogen-bond donors (Lipinski definition) is 0. The average Bonchev–Trinajstić information content (AvgIpc) is 2.26. The number of benzene rings is 1. The van der Waals surface area contributed by atoms with Gasteiger partial charge in [-0.3, -0.25) is 0 Å². The Morgan fingerprint density at radius 2 is 1.86 bits per heavy atom. The van der Waals surface area contributed by atoms with Crippen LogP contribution in [0.2, 0.25) is 0 Å². The van der Waals surface area contributed by atoms with Gasteiger partial charge in [-0.1, -0.05) is 32.4 Å². The van der Waals surface area contributed by atoms with Crippen LogP contribution < -0.4 is 9.47 Å². The van der Waals surface area contributed by atoms with Crippen molar-refractivity contribution < 1.29 is 9.47 Å². The Kier molecular flexibility index (Phi) is 4.30. The summed E-state index contributed by atoms with van der Waals surface area (Å²) >= 11 is 0. The summed E-state index contributed by atoms with van der Waals surface area (Å²) in [6.07, 6.45) is 1.13. The lowest BCUT2D eigenvalue weighted by Gasteiger charge is -2.13. The zero-order valence-electron chi connectivity index (χ0n) is 9.12. The summed E-state index contributed by atoms with van der Waals surface area (Å²) in [6, 6.07) is 7.73. The molecule has 1 atom stereocenters. The highest BCUT2D eigenvalue weighted by atomic mass is 16.5. The Balaban J connectivity index is 2.57. The van der Waals surface area contributed by atoms with Gasteiger partial charge in [-0.25, -0.2) is 0 Å². The smallest absolute Gasteiger partial charge is 0.161 e. The van der Waals surface area contributed by atoms with E-state index < -0.39 is 0 Å². The van der Waals surface area contributed by atoms with Crippen LogP contribution in [0.4, 0.5) is 0 Å². The maximum absolute atomic E-state index is 5.66. The molecule has 1 rings (SSSR count). The van der Waals surface area contributed by atoms with E-state index in [4.69, 9.17) is 9.47 Å². The van der Waals surface area contributed by atoms with E-state index in [1.165, 1.54) is 0 Å². The highest BCUT2D eigenvalue weighted by Crippen LogP contribution is 2.26. The molecule has 0 aliphatic heterocycles. The number of ether oxygens (including phenoxy) is 2. The van der Waals surface area contributed by atoms with E-state index in [0.29, 0.717) is 5.92 Å². The molecular weight excluding hydrogens is 176 g/mol. The van der Waals surface area contributed by atoms with Crippen molar-refractivity contribution in [3.63, 3.8) is 0 Å². The molecule has 0 radical (unpaired) electrons. The molecule has 0 heterocycles. The van der Waals surface area contributed by atoms with E-state index in [2.05, 4.69) is 13.8 Å². The lowest BCUT2D eigenvalue weighted by Crippen LogP contribution is -2.07. The van der Waals surface area contributed by atoms with Crippen molar-refractivity contribution in [1.82, 2.24) is 0 Å². The fraction of sp³-hybridized carbons (Fsp3) is 0.500. The second kappa shape index (κ2) is 5.53. The fourth-order valence-electron chi connectivity index (χ4n) is 1.09. The molecule has 0 saturated carbocycles. The van der Waals surface area contributed by atoms with E-state index in [1.54, 1.807) is 7.11 Å². The highest BCUT2D eigenvalue weighted by Gasteiger charge is 2.04. The first-order chi connectivity index (χ1) is 6.77. The van der Waals surface area contributed by atoms with Gasteiger partial charge < -0.3 is 9.47 Å². The van der Waals surface area contributed by atoms with Crippen LogP contribution in [0.3, 0.4) is 0 Å². The molecule has 78 valence electrons. The van der Waals surface area contributed by atoms with E-state index in [0.717, 1.165) is 24.5 Å². The van der Waals surface area contributed by atoms with E-state index in [9.17, 15) is 0 Å². The molecule has 0 aromatic heterocycles. The van der Waals surface area contributed by atoms with Gasteiger partial charge in [0.15, 0.2) is 11.5 Å². The van der Waals surface area contributed by atoms with Crippen LogP contribution >= 0.6 is 0 Å². The maximum Gasteiger partial charge on any atom is 0.161 e. The Bertz CT molecular complexity index is 271. The average molecular weight is 194 g/mol. The quantitative estimate of drug-likeness (QED) is 0.717. The minimum absolute atomic E-state index is 0.583. The molecule has 0 spiro atoms. The molecule has 0 aliphatic rings.